The Balaban J connectivity index is 1.95. The van der Waals surface area contributed by atoms with Crippen molar-refractivity contribution in [3.8, 4) is 0 Å². The highest BCUT2D eigenvalue weighted by Crippen LogP contribution is 2.30. The van der Waals surface area contributed by atoms with Crippen LogP contribution in [-0.2, 0) is 14.8 Å². The Morgan fingerprint density at radius 2 is 1.91 bits per heavy atom. The van der Waals surface area contributed by atoms with Crippen LogP contribution in [0.2, 0.25) is 0 Å². The second-order valence-corrected chi connectivity index (χ2v) is 9.24. The zero-order chi connectivity index (χ0) is 16.3. The molecule has 0 aromatic heterocycles. The third-order valence-corrected chi connectivity index (χ3v) is 7.40. The number of carbonyl (C=O) groups excluding carboxylic acids is 1. The maximum atomic E-state index is 12.5. The summed E-state index contributed by atoms with van der Waals surface area (Å²) in [5.41, 5.74) is 0. The van der Waals surface area contributed by atoms with Crippen molar-refractivity contribution >= 4 is 15.9 Å². The van der Waals surface area contributed by atoms with Crippen LogP contribution in [0.5, 0.6) is 0 Å². The lowest BCUT2D eigenvalue weighted by atomic mass is 9.78. The molecule has 1 aliphatic carbocycles. The molecule has 0 aromatic carbocycles. The van der Waals surface area contributed by atoms with Crippen LogP contribution < -0.4 is 5.32 Å². The number of hydrogen-bond acceptors (Lipinski definition) is 3. The van der Waals surface area contributed by atoms with Crippen LogP contribution in [0.1, 0.15) is 52.9 Å². The van der Waals surface area contributed by atoms with E-state index in [0.29, 0.717) is 24.9 Å². The summed E-state index contributed by atoms with van der Waals surface area (Å²) in [5, 5.41) is 3.20. The Morgan fingerprint density at radius 3 is 2.59 bits per heavy atom. The van der Waals surface area contributed by atoms with Crippen molar-refractivity contribution in [3.63, 3.8) is 0 Å². The van der Waals surface area contributed by atoms with E-state index in [4.69, 9.17) is 0 Å². The van der Waals surface area contributed by atoms with E-state index in [1.807, 2.05) is 0 Å². The SMILES string of the molecule is CCS(=O)(=O)N1CCC[C@H](C(=O)N[C@@H]2CCC[C@H](C)[C@@H]2C)C1. The Bertz CT molecular complexity index is 492. The molecule has 4 atom stereocenters. The van der Waals surface area contributed by atoms with Crippen LogP contribution in [0, 0.1) is 17.8 Å². The molecule has 0 radical (unpaired) electrons. The molecule has 2 rings (SSSR count). The molecule has 0 aromatic rings. The summed E-state index contributed by atoms with van der Waals surface area (Å²) in [5.74, 6) is 1.10. The summed E-state index contributed by atoms with van der Waals surface area (Å²) in [4.78, 5) is 12.5. The van der Waals surface area contributed by atoms with Crippen molar-refractivity contribution in [2.45, 2.75) is 58.9 Å². The molecule has 128 valence electrons. The third kappa shape index (κ3) is 4.02. The molecule has 0 unspecified atom stereocenters. The molecule has 0 spiro atoms. The standard InChI is InChI=1S/C16H30N2O3S/c1-4-22(20,21)18-10-6-8-14(11-18)16(19)17-15-9-5-7-12(2)13(15)3/h12-15H,4-11H2,1-3H3,(H,17,19)/t12-,13-,14-,15+/m0/s1. The van der Waals surface area contributed by atoms with Gasteiger partial charge in [-0.1, -0.05) is 26.7 Å². The monoisotopic (exact) mass is 330 g/mol. The highest BCUT2D eigenvalue weighted by atomic mass is 32.2. The zero-order valence-electron chi connectivity index (χ0n) is 14.0. The van der Waals surface area contributed by atoms with Gasteiger partial charge in [-0.05, 0) is 38.0 Å². The summed E-state index contributed by atoms with van der Waals surface area (Å²) in [6.07, 6.45) is 5.00. The Labute approximate surface area is 134 Å². The third-order valence-electron chi connectivity index (χ3n) is 5.55. The molecular weight excluding hydrogens is 300 g/mol. The lowest BCUT2D eigenvalue weighted by Gasteiger charge is -2.37. The molecule has 1 N–H and O–H groups in total. The quantitative estimate of drug-likeness (QED) is 0.857. The predicted molar refractivity (Wildman–Crippen MR) is 87.9 cm³/mol. The minimum atomic E-state index is -3.19. The number of amides is 1. The van der Waals surface area contributed by atoms with Gasteiger partial charge in [0, 0.05) is 19.1 Å². The molecule has 6 heteroatoms. The van der Waals surface area contributed by atoms with Gasteiger partial charge in [0.2, 0.25) is 15.9 Å². The molecule has 2 aliphatic rings. The van der Waals surface area contributed by atoms with Gasteiger partial charge in [0.1, 0.15) is 0 Å². The lowest BCUT2D eigenvalue weighted by molar-refractivity contribution is -0.127. The first kappa shape index (κ1) is 17.7. The lowest BCUT2D eigenvalue weighted by Crippen LogP contribution is -2.50. The topological polar surface area (TPSA) is 66.5 Å². The molecule has 5 nitrogen and oxygen atoms in total. The van der Waals surface area contributed by atoms with Crippen LogP contribution in [0.3, 0.4) is 0 Å². The molecule has 22 heavy (non-hydrogen) atoms. The maximum Gasteiger partial charge on any atom is 0.224 e. The van der Waals surface area contributed by atoms with Crippen LogP contribution in [0.15, 0.2) is 0 Å². The highest BCUT2D eigenvalue weighted by molar-refractivity contribution is 7.89. The first-order chi connectivity index (χ1) is 10.3. The summed E-state index contributed by atoms with van der Waals surface area (Å²) in [6.45, 7) is 7.02. The fourth-order valence-electron chi connectivity index (χ4n) is 3.68. The summed E-state index contributed by atoms with van der Waals surface area (Å²) in [7, 11) is -3.19. The van der Waals surface area contributed by atoms with E-state index < -0.39 is 10.0 Å². The minimum absolute atomic E-state index is 0.0435. The second kappa shape index (κ2) is 7.30. The summed E-state index contributed by atoms with van der Waals surface area (Å²) in [6, 6.07) is 0.245. The van der Waals surface area contributed by atoms with E-state index in [-0.39, 0.29) is 23.6 Å². The minimum Gasteiger partial charge on any atom is -0.353 e. The Morgan fingerprint density at radius 1 is 1.18 bits per heavy atom. The zero-order valence-corrected chi connectivity index (χ0v) is 14.9. The first-order valence-electron chi connectivity index (χ1n) is 8.63. The number of sulfonamides is 1. The van der Waals surface area contributed by atoms with Gasteiger partial charge in [-0.3, -0.25) is 4.79 Å². The van der Waals surface area contributed by atoms with Crippen molar-refractivity contribution in [2.75, 3.05) is 18.8 Å². The van der Waals surface area contributed by atoms with Gasteiger partial charge in [0.05, 0.1) is 11.7 Å². The van der Waals surface area contributed by atoms with Gasteiger partial charge >= 0.3 is 0 Å². The van der Waals surface area contributed by atoms with Crippen molar-refractivity contribution in [2.24, 2.45) is 17.8 Å². The number of piperidine rings is 1. The van der Waals surface area contributed by atoms with E-state index in [2.05, 4.69) is 19.2 Å². The molecule has 1 aliphatic heterocycles. The molecule has 1 saturated heterocycles. The molecular formula is C16H30N2O3S. The van der Waals surface area contributed by atoms with Gasteiger partial charge < -0.3 is 5.32 Å². The number of rotatable bonds is 4. The van der Waals surface area contributed by atoms with Crippen molar-refractivity contribution < 1.29 is 13.2 Å². The van der Waals surface area contributed by atoms with E-state index in [0.717, 1.165) is 25.7 Å². The van der Waals surface area contributed by atoms with Crippen molar-refractivity contribution in [1.82, 2.24) is 9.62 Å². The smallest absolute Gasteiger partial charge is 0.224 e. The largest absolute Gasteiger partial charge is 0.353 e. The molecule has 1 amide bonds. The number of nitrogens with zero attached hydrogens (tertiary/aromatic N) is 1. The Kier molecular flexibility index (Phi) is 5.88. The number of nitrogens with one attached hydrogen (secondary N) is 1. The molecule has 2 fully saturated rings. The van der Waals surface area contributed by atoms with Gasteiger partial charge in [-0.25, -0.2) is 12.7 Å². The molecule has 1 saturated carbocycles. The van der Waals surface area contributed by atoms with Crippen LogP contribution >= 0.6 is 0 Å². The second-order valence-electron chi connectivity index (χ2n) is 6.98. The van der Waals surface area contributed by atoms with Gasteiger partial charge in [0.15, 0.2) is 0 Å². The Hall–Kier alpha value is -0.620. The first-order valence-corrected chi connectivity index (χ1v) is 10.2. The fourth-order valence-corrected chi connectivity index (χ4v) is 4.86. The number of carbonyl (C=O) groups is 1. The van der Waals surface area contributed by atoms with Crippen LogP contribution in [0.25, 0.3) is 0 Å². The van der Waals surface area contributed by atoms with E-state index in [1.165, 1.54) is 10.7 Å². The van der Waals surface area contributed by atoms with Crippen molar-refractivity contribution in [3.05, 3.63) is 0 Å². The van der Waals surface area contributed by atoms with Crippen LogP contribution in [-0.4, -0.2) is 43.5 Å². The normalized spacial score (nSPS) is 34.3. The highest BCUT2D eigenvalue weighted by Gasteiger charge is 2.34. The van der Waals surface area contributed by atoms with E-state index >= 15 is 0 Å². The van der Waals surface area contributed by atoms with Gasteiger partial charge in [0.25, 0.3) is 0 Å². The average molecular weight is 330 g/mol. The fraction of sp³-hybridized carbons (Fsp3) is 0.938. The number of hydrogen-bond donors (Lipinski definition) is 1. The van der Waals surface area contributed by atoms with Gasteiger partial charge in [-0.2, -0.15) is 0 Å². The molecule has 1 heterocycles. The average Bonchev–Trinajstić information content (AvgIpc) is 2.52. The summed E-state index contributed by atoms with van der Waals surface area (Å²) >= 11 is 0. The van der Waals surface area contributed by atoms with E-state index in [1.54, 1.807) is 6.92 Å². The van der Waals surface area contributed by atoms with Crippen LogP contribution in [0.4, 0.5) is 0 Å². The van der Waals surface area contributed by atoms with E-state index in [9.17, 15) is 13.2 Å². The maximum absolute atomic E-state index is 12.5. The summed E-state index contributed by atoms with van der Waals surface area (Å²) < 4.78 is 25.5. The molecule has 0 bridgehead atoms. The predicted octanol–water partition coefficient (Wildman–Crippen LogP) is 1.99. The van der Waals surface area contributed by atoms with Gasteiger partial charge in [-0.15, -0.1) is 0 Å². The van der Waals surface area contributed by atoms with Crippen molar-refractivity contribution in [1.29, 1.82) is 0 Å².